The van der Waals surface area contributed by atoms with E-state index in [1.54, 1.807) is 12.7 Å². The number of anilines is 1. The van der Waals surface area contributed by atoms with E-state index in [-0.39, 0.29) is 57.8 Å². The van der Waals surface area contributed by atoms with Gasteiger partial charge in [0.2, 0.25) is 0 Å². The molecule has 0 N–H and O–H groups in total. The Morgan fingerprint density at radius 2 is 1.68 bits per heavy atom. The Morgan fingerprint density at radius 1 is 0.982 bits per heavy atom. The molecule has 8 nitrogen and oxygen atoms in total. The van der Waals surface area contributed by atoms with Gasteiger partial charge in [0, 0.05) is 31.7 Å². The second-order valence-electron chi connectivity index (χ2n) is 20.2. The van der Waals surface area contributed by atoms with Crippen LogP contribution in [0.2, 0.25) is 0 Å². The summed E-state index contributed by atoms with van der Waals surface area (Å²) >= 11 is 6.80. The molecule has 1 amide bonds. The molecule has 0 bridgehead atoms. The van der Waals surface area contributed by atoms with Gasteiger partial charge in [-0.2, -0.15) is 0 Å². The lowest BCUT2D eigenvalue weighted by Gasteiger charge is -2.70. The van der Waals surface area contributed by atoms with E-state index in [2.05, 4.69) is 59.7 Å². The first-order valence-electron chi connectivity index (χ1n) is 20.8. The fourth-order valence-electron chi connectivity index (χ4n) is 12.9. The Bertz CT molecular complexity index is 1900. The number of carbonyl (C=O) groups excluding carboxylic acids is 3. The smallest absolute Gasteiger partial charge is 0.336 e. The number of oxime groups is 1. The van der Waals surface area contributed by atoms with Crippen LogP contribution in [0.15, 0.2) is 46.0 Å². The molecule has 1 aromatic rings. The Kier molecular flexibility index (Phi) is 10.6. The predicted molar refractivity (Wildman–Crippen MR) is 230 cm³/mol. The quantitative estimate of drug-likeness (QED) is 0.0673. The van der Waals surface area contributed by atoms with Crippen LogP contribution >= 0.6 is 24.0 Å². The monoisotopic (exact) mass is 801 g/mol. The number of ether oxygens (including phenoxy) is 1. The van der Waals surface area contributed by atoms with E-state index in [1.165, 1.54) is 16.7 Å². The zero-order valence-corrected chi connectivity index (χ0v) is 37.0. The maximum atomic E-state index is 13.6. The topological polar surface area (TPSA) is 88.5 Å². The van der Waals surface area contributed by atoms with Gasteiger partial charge in [0.1, 0.15) is 4.32 Å². The summed E-state index contributed by atoms with van der Waals surface area (Å²) in [6.45, 7) is 17.2. The summed E-state index contributed by atoms with van der Waals surface area (Å²) in [7, 11) is 5.55. The Balaban J connectivity index is 1.03. The first kappa shape index (κ1) is 41.2. The number of esters is 1. The molecular weight excluding hydrogens is 739 g/mol. The Hall–Kier alpha value is -2.98. The van der Waals surface area contributed by atoms with E-state index in [4.69, 9.17) is 21.8 Å². The minimum atomic E-state index is -0.459. The van der Waals surface area contributed by atoms with Gasteiger partial charge in [0.25, 0.3) is 5.91 Å². The molecule has 0 aromatic heterocycles. The first-order valence-corrected chi connectivity index (χ1v) is 22.0. The van der Waals surface area contributed by atoms with Crippen LogP contribution in [0.5, 0.6) is 0 Å². The van der Waals surface area contributed by atoms with Gasteiger partial charge in [-0.25, -0.2) is 4.79 Å². The third-order valence-electron chi connectivity index (χ3n) is 16.4. The van der Waals surface area contributed by atoms with Crippen LogP contribution in [0.1, 0.15) is 125 Å². The van der Waals surface area contributed by atoms with Crippen LogP contribution in [0.25, 0.3) is 6.08 Å². The molecule has 5 aliphatic carbocycles. The van der Waals surface area contributed by atoms with Crippen molar-refractivity contribution in [3.8, 4) is 0 Å². The van der Waals surface area contributed by atoms with Gasteiger partial charge in [-0.15, -0.1) is 0 Å². The first-order chi connectivity index (χ1) is 26.2. The summed E-state index contributed by atoms with van der Waals surface area (Å²) in [6.07, 6.45) is 14.4. The minimum Gasteiger partial charge on any atom is -0.469 e. The molecule has 1 saturated heterocycles. The summed E-state index contributed by atoms with van der Waals surface area (Å²) in [6, 6.07) is 7.98. The highest BCUT2D eigenvalue weighted by molar-refractivity contribution is 8.26. The number of fused-ring (bicyclic) bond motifs is 7. The maximum absolute atomic E-state index is 13.6. The van der Waals surface area contributed by atoms with Crippen molar-refractivity contribution in [1.29, 1.82) is 0 Å². The largest absolute Gasteiger partial charge is 0.469 e. The highest BCUT2D eigenvalue weighted by Crippen LogP contribution is 2.75. The number of rotatable bonds is 7. The van der Waals surface area contributed by atoms with Crippen molar-refractivity contribution in [3.05, 3.63) is 46.4 Å². The van der Waals surface area contributed by atoms with Crippen molar-refractivity contribution in [2.45, 2.75) is 119 Å². The zero-order chi connectivity index (χ0) is 40.6. The van der Waals surface area contributed by atoms with Crippen LogP contribution in [-0.4, -0.2) is 60.5 Å². The lowest BCUT2D eigenvalue weighted by Crippen LogP contribution is -2.64. The standard InChI is InChI=1S/C46H63N3O5S2/c1-41(2)22-24-46(39(52)53-10)25-23-44(6)31(32(46)28-41)15-16-35-43(5)20-18-36(42(3,4)34(43)17-21-45(35,44)7)47-54-37(50)19-26-49-38(51)33(56-40(49)55)27-29-11-13-30(14-12-29)48(8)9/h11-15,27,32,34-35H,16-26,28H2,1-10H3/b33-27-,47-36-/t32-,34+,35+,43+,44-,45-,46+/m1/s1. The van der Waals surface area contributed by atoms with Gasteiger partial charge in [0.15, 0.2) is 0 Å². The van der Waals surface area contributed by atoms with Crippen LogP contribution in [-0.2, 0) is 24.0 Å². The number of allylic oxidation sites excluding steroid dienone is 2. The SMILES string of the molecule is COC(=O)[C@]12CCC(C)(C)C[C@@H]1C1=CC[C@H]3[C@@]4(C)CC/C(=N/OC(=O)CCN5C(=O)/C(=C/c6ccc(N(C)C)cc6)SC5=S)C(C)(C)[C@@H]4CC[C@@]3(C)[C@]1(C)CC2. The molecular formula is C46H63N3O5S2. The van der Waals surface area contributed by atoms with Crippen LogP contribution < -0.4 is 4.90 Å². The predicted octanol–water partition coefficient (Wildman–Crippen LogP) is 10.2. The number of nitrogens with zero attached hydrogens (tertiary/aromatic N) is 3. The number of thioether (sulfide) groups is 1. The van der Waals surface area contributed by atoms with E-state index >= 15 is 0 Å². The Labute approximate surface area is 344 Å². The highest BCUT2D eigenvalue weighted by Gasteiger charge is 2.69. The number of thiocarbonyl (C=S) groups is 1. The molecule has 7 atom stereocenters. The van der Waals surface area contributed by atoms with Crippen LogP contribution in [0.3, 0.4) is 0 Å². The molecule has 0 radical (unpaired) electrons. The lowest BCUT2D eigenvalue weighted by molar-refractivity contribution is -0.181. The van der Waals surface area contributed by atoms with Gasteiger partial charge in [0.05, 0.1) is 29.6 Å². The van der Waals surface area contributed by atoms with Crippen molar-refractivity contribution >= 4 is 63.6 Å². The van der Waals surface area contributed by atoms with Gasteiger partial charge < -0.3 is 14.5 Å². The number of benzene rings is 1. The molecule has 0 spiro atoms. The molecule has 4 saturated carbocycles. The van der Waals surface area contributed by atoms with E-state index in [1.807, 2.05) is 49.3 Å². The second-order valence-corrected chi connectivity index (χ2v) is 21.8. The summed E-state index contributed by atoms with van der Waals surface area (Å²) in [4.78, 5) is 49.7. The molecule has 7 rings (SSSR count). The lowest BCUT2D eigenvalue weighted by atomic mass is 9.33. The fraction of sp³-hybridized carbons (Fsp3) is 0.674. The van der Waals surface area contributed by atoms with E-state index < -0.39 is 11.4 Å². The molecule has 0 unspecified atom stereocenters. The molecule has 56 heavy (non-hydrogen) atoms. The molecule has 1 aliphatic heterocycles. The highest BCUT2D eigenvalue weighted by atomic mass is 32.2. The molecule has 6 aliphatic rings. The summed E-state index contributed by atoms with van der Waals surface area (Å²) in [5.74, 6) is 0.486. The van der Waals surface area contributed by atoms with Crippen molar-refractivity contribution in [2.75, 3.05) is 32.6 Å². The third kappa shape index (κ3) is 6.51. The number of methoxy groups -OCH3 is 1. The molecule has 1 heterocycles. The normalized spacial score (nSPS) is 37.2. The zero-order valence-electron chi connectivity index (χ0n) is 35.4. The van der Waals surface area contributed by atoms with Gasteiger partial charge in [-0.05, 0) is 127 Å². The van der Waals surface area contributed by atoms with Crippen molar-refractivity contribution < 1.29 is 24.0 Å². The van der Waals surface area contributed by atoms with E-state index in [0.29, 0.717) is 21.1 Å². The molecule has 304 valence electrons. The van der Waals surface area contributed by atoms with Gasteiger partial charge in [-0.1, -0.05) is 101 Å². The molecule has 1 aromatic carbocycles. The number of hydrogen-bond acceptors (Lipinski definition) is 9. The summed E-state index contributed by atoms with van der Waals surface area (Å²) < 4.78 is 6.00. The number of hydrogen-bond donors (Lipinski definition) is 0. The van der Waals surface area contributed by atoms with Crippen molar-refractivity contribution in [3.63, 3.8) is 0 Å². The summed E-state index contributed by atoms with van der Waals surface area (Å²) in [5, 5.41) is 4.58. The van der Waals surface area contributed by atoms with Crippen LogP contribution in [0.4, 0.5) is 5.69 Å². The van der Waals surface area contributed by atoms with Crippen molar-refractivity contribution in [2.24, 2.45) is 55.4 Å². The minimum absolute atomic E-state index is 0.00144. The third-order valence-corrected chi connectivity index (χ3v) is 17.8. The average molecular weight is 802 g/mol. The van der Waals surface area contributed by atoms with E-state index in [0.717, 1.165) is 81.2 Å². The van der Waals surface area contributed by atoms with E-state index in [9.17, 15) is 14.4 Å². The number of carbonyl (C=O) groups is 3. The van der Waals surface area contributed by atoms with Gasteiger partial charge >= 0.3 is 11.9 Å². The molecule has 10 heteroatoms. The summed E-state index contributed by atoms with van der Waals surface area (Å²) in [5.41, 5.74) is 4.29. The van der Waals surface area contributed by atoms with Gasteiger partial charge in [-0.3, -0.25) is 14.5 Å². The molecule has 5 fully saturated rings. The average Bonchev–Trinajstić information content (AvgIpc) is 3.40. The maximum Gasteiger partial charge on any atom is 0.336 e. The Morgan fingerprint density at radius 3 is 2.36 bits per heavy atom. The van der Waals surface area contributed by atoms with Crippen LogP contribution in [0, 0.1) is 50.2 Å². The number of amides is 1. The van der Waals surface area contributed by atoms with Crippen molar-refractivity contribution in [1.82, 2.24) is 4.90 Å². The fourth-order valence-corrected chi connectivity index (χ4v) is 14.2. The second kappa shape index (κ2) is 14.4.